The van der Waals surface area contributed by atoms with Gasteiger partial charge in [0, 0.05) is 11.5 Å². The quantitative estimate of drug-likeness (QED) is 0.895. The molecule has 0 spiro atoms. The van der Waals surface area contributed by atoms with Gasteiger partial charge in [0.05, 0.1) is 6.42 Å². The Balaban J connectivity index is 2.23. The minimum Gasteiger partial charge on any atom is -0.507 e. The molecule has 0 aromatic heterocycles. The molecule has 102 valence electrons. The third kappa shape index (κ3) is 1.86. The van der Waals surface area contributed by atoms with E-state index in [9.17, 15) is 9.90 Å². The largest absolute Gasteiger partial charge is 0.507 e. The standard InChI is InChI=1S/C17H16O3/c1-2-10-6-7-12-13(8-10)14(9-16(19)20)11-4-3-5-15(18)17(11)12/h3-8,14,18H,2,9H2,1H3,(H,19,20). The Morgan fingerprint density at radius 2 is 2.00 bits per heavy atom. The van der Waals surface area contributed by atoms with Gasteiger partial charge in [-0.1, -0.05) is 37.3 Å². The number of hydrogen-bond donors (Lipinski definition) is 2. The molecule has 3 rings (SSSR count). The first-order valence-electron chi connectivity index (χ1n) is 6.78. The minimum atomic E-state index is -0.820. The SMILES string of the molecule is CCc1ccc2c(c1)C(CC(=O)O)c1cccc(O)c1-2. The monoisotopic (exact) mass is 268 g/mol. The molecule has 1 aliphatic carbocycles. The van der Waals surface area contributed by atoms with Crippen LogP contribution in [0.5, 0.6) is 5.75 Å². The number of carbonyl (C=O) groups is 1. The molecule has 3 heteroatoms. The molecule has 1 aliphatic rings. The molecular weight excluding hydrogens is 252 g/mol. The molecule has 0 bridgehead atoms. The van der Waals surface area contributed by atoms with Gasteiger partial charge in [-0.3, -0.25) is 4.79 Å². The fraction of sp³-hybridized carbons (Fsp3) is 0.235. The first-order chi connectivity index (χ1) is 9.61. The van der Waals surface area contributed by atoms with Crippen LogP contribution < -0.4 is 0 Å². The molecular formula is C17H16O3. The number of aryl methyl sites for hydroxylation is 1. The third-order valence-electron chi connectivity index (χ3n) is 4.00. The van der Waals surface area contributed by atoms with Crippen LogP contribution in [0.4, 0.5) is 0 Å². The van der Waals surface area contributed by atoms with Gasteiger partial charge in [0.2, 0.25) is 0 Å². The molecule has 0 fully saturated rings. The van der Waals surface area contributed by atoms with E-state index in [1.807, 2.05) is 18.2 Å². The lowest BCUT2D eigenvalue weighted by Gasteiger charge is -2.11. The number of aliphatic carboxylic acids is 1. The number of hydrogen-bond acceptors (Lipinski definition) is 2. The fourth-order valence-corrected chi connectivity index (χ4v) is 3.05. The molecule has 1 unspecified atom stereocenters. The zero-order valence-electron chi connectivity index (χ0n) is 11.3. The Kier molecular flexibility index (Phi) is 2.97. The molecule has 0 saturated heterocycles. The maximum atomic E-state index is 11.2. The second-order valence-electron chi connectivity index (χ2n) is 5.17. The Morgan fingerprint density at radius 3 is 2.70 bits per heavy atom. The van der Waals surface area contributed by atoms with Crippen LogP contribution >= 0.6 is 0 Å². The summed E-state index contributed by atoms with van der Waals surface area (Å²) in [6, 6.07) is 11.4. The predicted molar refractivity (Wildman–Crippen MR) is 77.0 cm³/mol. The summed E-state index contributed by atoms with van der Waals surface area (Å²) in [6.45, 7) is 2.08. The fourth-order valence-electron chi connectivity index (χ4n) is 3.05. The van der Waals surface area contributed by atoms with E-state index < -0.39 is 5.97 Å². The van der Waals surface area contributed by atoms with E-state index in [1.165, 1.54) is 5.56 Å². The van der Waals surface area contributed by atoms with Crippen molar-refractivity contribution < 1.29 is 15.0 Å². The van der Waals surface area contributed by atoms with Crippen molar-refractivity contribution in [2.24, 2.45) is 0 Å². The van der Waals surface area contributed by atoms with Gasteiger partial charge in [-0.2, -0.15) is 0 Å². The van der Waals surface area contributed by atoms with Crippen LogP contribution in [-0.2, 0) is 11.2 Å². The Morgan fingerprint density at radius 1 is 1.20 bits per heavy atom. The van der Waals surface area contributed by atoms with Crippen LogP contribution in [0.15, 0.2) is 36.4 Å². The summed E-state index contributed by atoms with van der Waals surface area (Å²) in [6.07, 6.45) is 0.964. The summed E-state index contributed by atoms with van der Waals surface area (Å²) < 4.78 is 0. The second-order valence-corrected chi connectivity index (χ2v) is 5.17. The number of carboxylic acids is 1. The molecule has 0 radical (unpaired) electrons. The normalized spacial score (nSPS) is 15.8. The van der Waals surface area contributed by atoms with E-state index in [2.05, 4.69) is 13.0 Å². The predicted octanol–water partition coefficient (Wildman–Crippen LogP) is 3.54. The van der Waals surface area contributed by atoms with Gasteiger partial charge in [-0.05, 0) is 34.7 Å². The van der Waals surface area contributed by atoms with E-state index in [4.69, 9.17) is 5.11 Å². The van der Waals surface area contributed by atoms with Crippen molar-refractivity contribution in [3.63, 3.8) is 0 Å². The number of fused-ring (bicyclic) bond motifs is 3. The maximum Gasteiger partial charge on any atom is 0.304 e. The molecule has 0 heterocycles. The van der Waals surface area contributed by atoms with E-state index in [1.54, 1.807) is 12.1 Å². The van der Waals surface area contributed by atoms with Gasteiger partial charge in [0.1, 0.15) is 5.75 Å². The molecule has 1 atom stereocenters. The molecule has 20 heavy (non-hydrogen) atoms. The van der Waals surface area contributed by atoms with Gasteiger partial charge in [-0.25, -0.2) is 0 Å². The molecule has 2 N–H and O–H groups in total. The summed E-state index contributed by atoms with van der Waals surface area (Å²) in [5, 5.41) is 19.3. The molecule has 2 aromatic rings. The number of carboxylic acid groups (broad SMARTS) is 1. The molecule has 0 aliphatic heterocycles. The van der Waals surface area contributed by atoms with E-state index in [-0.39, 0.29) is 18.1 Å². The van der Waals surface area contributed by atoms with Crippen LogP contribution in [0.25, 0.3) is 11.1 Å². The number of phenolic OH excluding ortho intramolecular Hbond substituents is 1. The minimum absolute atomic E-state index is 0.0522. The highest BCUT2D eigenvalue weighted by Crippen LogP contribution is 2.50. The van der Waals surface area contributed by atoms with Crippen LogP contribution in [0.3, 0.4) is 0 Å². The van der Waals surface area contributed by atoms with Crippen molar-refractivity contribution in [2.45, 2.75) is 25.7 Å². The van der Waals surface area contributed by atoms with Crippen molar-refractivity contribution in [1.82, 2.24) is 0 Å². The topological polar surface area (TPSA) is 57.5 Å². The van der Waals surface area contributed by atoms with Crippen LogP contribution in [0.2, 0.25) is 0 Å². The third-order valence-corrected chi connectivity index (χ3v) is 4.00. The van der Waals surface area contributed by atoms with Crippen LogP contribution in [0, 0.1) is 0 Å². The Labute approximate surface area is 117 Å². The first-order valence-corrected chi connectivity index (χ1v) is 6.78. The van der Waals surface area contributed by atoms with E-state index in [0.717, 1.165) is 28.7 Å². The van der Waals surface area contributed by atoms with Gasteiger partial charge in [0.25, 0.3) is 0 Å². The lowest BCUT2D eigenvalue weighted by Crippen LogP contribution is -2.05. The lowest BCUT2D eigenvalue weighted by molar-refractivity contribution is -0.137. The van der Waals surface area contributed by atoms with Gasteiger partial charge in [0.15, 0.2) is 0 Å². The maximum absolute atomic E-state index is 11.2. The van der Waals surface area contributed by atoms with Crippen molar-refractivity contribution in [1.29, 1.82) is 0 Å². The highest BCUT2D eigenvalue weighted by Gasteiger charge is 2.32. The lowest BCUT2D eigenvalue weighted by atomic mass is 9.92. The van der Waals surface area contributed by atoms with Crippen molar-refractivity contribution in [2.75, 3.05) is 0 Å². The summed E-state index contributed by atoms with van der Waals surface area (Å²) >= 11 is 0. The number of benzene rings is 2. The van der Waals surface area contributed by atoms with Crippen LogP contribution in [0.1, 0.15) is 36.0 Å². The van der Waals surface area contributed by atoms with Gasteiger partial charge >= 0.3 is 5.97 Å². The molecule has 0 amide bonds. The number of rotatable bonds is 3. The Bertz CT molecular complexity index is 689. The number of phenols is 1. The highest BCUT2D eigenvalue weighted by molar-refractivity contribution is 5.85. The highest BCUT2D eigenvalue weighted by atomic mass is 16.4. The van der Waals surface area contributed by atoms with E-state index >= 15 is 0 Å². The summed E-state index contributed by atoms with van der Waals surface area (Å²) in [5.41, 5.74) is 4.86. The first kappa shape index (κ1) is 12.7. The van der Waals surface area contributed by atoms with Crippen molar-refractivity contribution in [3.05, 3.63) is 53.1 Å². The molecule has 0 saturated carbocycles. The van der Waals surface area contributed by atoms with E-state index in [0.29, 0.717) is 0 Å². The summed E-state index contributed by atoms with van der Waals surface area (Å²) in [7, 11) is 0. The summed E-state index contributed by atoms with van der Waals surface area (Å²) in [5.74, 6) is -0.768. The average molecular weight is 268 g/mol. The number of aromatic hydroxyl groups is 1. The van der Waals surface area contributed by atoms with Crippen LogP contribution in [-0.4, -0.2) is 16.2 Å². The van der Waals surface area contributed by atoms with Crippen molar-refractivity contribution in [3.8, 4) is 16.9 Å². The van der Waals surface area contributed by atoms with Gasteiger partial charge < -0.3 is 10.2 Å². The smallest absolute Gasteiger partial charge is 0.304 e. The van der Waals surface area contributed by atoms with Gasteiger partial charge in [-0.15, -0.1) is 0 Å². The summed E-state index contributed by atoms with van der Waals surface area (Å²) in [4.78, 5) is 11.2. The zero-order chi connectivity index (χ0) is 14.3. The average Bonchev–Trinajstić information content (AvgIpc) is 2.73. The van der Waals surface area contributed by atoms with Crippen molar-refractivity contribution >= 4 is 5.97 Å². The Hall–Kier alpha value is -2.29. The molecule has 3 nitrogen and oxygen atoms in total. The second kappa shape index (κ2) is 4.67. The zero-order valence-corrected chi connectivity index (χ0v) is 11.3. The molecule has 2 aromatic carbocycles.